The van der Waals surface area contributed by atoms with Crippen molar-refractivity contribution in [3.05, 3.63) is 24.3 Å². The molecular formula is C18H23NO7S. The molecule has 9 heteroatoms. The van der Waals surface area contributed by atoms with E-state index < -0.39 is 33.7 Å². The number of aliphatic hydroxyl groups excluding tert-OH is 1. The Kier molecular flexibility index (Phi) is 6.49. The van der Waals surface area contributed by atoms with Crippen molar-refractivity contribution in [3.63, 3.8) is 0 Å². The second-order valence-electron chi connectivity index (χ2n) is 6.57. The molecule has 0 aliphatic carbocycles. The molecule has 1 saturated heterocycles. The van der Waals surface area contributed by atoms with Gasteiger partial charge in [0, 0.05) is 6.54 Å². The molecule has 1 heterocycles. The number of rotatable bonds is 5. The Bertz CT molecular complexity index is 835. The highest BCUT2D eigenvalue weighted by molar-refractivity contribution is 7.89. The average Bonchev–Trinajstić information content (AvgIpc) is 2.57. The minimum absolute atomic E-state index is 0.0165. The molecule has 0 spiro atoms. The van der Waals surface area contributed by atoms with Crippen molar-refractivity contribution in [2.45, 2.75) is 49.3 Å². The van der Waals surface area contributed by atoms with Crippen molar-refractivity contribution in [1.29, 1.82) is 0 Å². The zero-order valence-electron chi connectivity index (χ0n) is 15.1. The number of carboxylic acid groups (broad SMARTS) is 1. The van der Waals surface area contributed by atoms with Gasteiger partial charge in [-0.3, -0.25) is 4.79 Å². The smallest absolute Gasteiger partial charge is 0.325 e. The zero-order valence-corrected chi connectivity index (χ0v) is 15.9. The molecule has 1 aromatic rings. The van der Waals surface area contributed by atoms with E-state index in [9.17, 15) is 23.4 Å². The molecule has 1 fully saturated rings. The van der Waals surface area contributed by atoms with E-state index >= 15 is 0 Å². The number of nitrogens with zero attached hydrogens (tertiary/aromatic N) is 1. The number of sulfonamides is 1. The van der Waals surface area contributed by atoms with Gasteiger partial charge < -0.3 is 20.1 Å². The summed E-state index contributed by atoms with van der Waals surface area (Å²) in [6.45, 7) is 2.91. The van der Waals surface area contributed by atoms with Crippen LogP contribution in [0.4, 0.5) is 0 Å². The highest BCUT2D eigenvalue weighted by atomic mass is 32.2. The Morgan fingerprint density at radius 1 is 1.41 bits per heavy atom. The van der Waals surface area contributed by atoms with Gasteiger partial charge >= 0.3 is 5.97 Å². The predicted molar refractivity (Wildman–Crippen MR) is 96.6 cm³/mol. The monoisotopic (exact) mass is 397 g/mol. The number of hydrogen-bond donors (Lipinski definition) is 3. The fourth-order valence-electron chi connectivity index (χ4n) is 2.97. The second kappa shape index (κ2) is 8.27. The van der Waals surface area contributed by atoms with Crippen LogP contribution in [0.2, 0.25) is 0 Å². The molecule has 3 unspecified atom stereocenters. The van der Waals surface area contributed by atoms with Crippen molar-refractivity contribution in [2.75, 3.05) is 13.2 Å². The minimum Gasteiger partial charge on any atom is -0.481 e. The van der Waals surface area contributed by atoms with Gasteiger partial charge in [0.1, 0.15) is 18.5 Å². The molecule has 148 valence electrons. The van der Waals surface area contributed by atoms with Crippen LogP contribution >= 0.6 is 0 Å². The molecule has 3 atom stereocenters. The normalized spacial score (nSPS) is 24.5. The van der Waals surface area contributed by atoms with Crippen LogP contribution in [0.5, 0.6) is 5.75 Å². The van der Waals surface area contributed by atoms with Crippen molar-refractivity contribution >= 4 is 16.0 Å². The first-order chi connectivity index (χ1) is 12.6. The van der Waals surface area contributed by atoms with E-state index in [1.54, 1.807) is 0 Å². The summed E-state index contributed by atoms with van der Waals surface area (Å²) < 4.78 is 32.0. The fourth-order valence-corrected chi connectivity index (χ4v) is 4.68. The SMILES string of the molecule is CC(O)C#CCOc1ccc(S(=O)(=O)N2CCCC(C)(O)C2C(=O)O)cc1. The number of benzene rings is 1. The van der Waals surface area contributed by atoms with Gasteiger partial charge in [0.25, 0.3) is 0 Å². The fraction of sp³-hybridized carbons (Fsp3) is 0.500. The average molecular weight is 397 g/mol. The first-order valence-electron chi connectivity index (χ1n) is 8.42. The van der Waals surface area contributed by atoms with E-state index in [0.29, 0.717) is 12.2 Å². The van der Waals surface area contributed by atoms with Crippen LogP contribution < -0.4 is 4.74 Å². The topological polar surface area (TPSA) is 124 Å². The molecule has 2 rings (SSSR count). The highest BCUT2D eigenvalue weighted by Gasteiger charge is 2.49. The molecule has 27 heavy (non-hydrogen) atoms. The Labute approximate surface area is 158 Å². The Hall–Kier alpha value is -2.12. The van der Waals surface area contributed by atoms with E-state index in [1.807, 2.05) is 0 Å². The predicted octanol–water partition coefficient (Wildman–Crippen LogP) is 0.438. The maximum Gasteiger partial charge on any atom is 0.325 e. The molecular weight excluding hydrogens is 374 g/mol. The summed E-state index contributed by atoms with van der Waals surface area (Å²) in [4.78, 5) is 11.5. The van der Waals surface area contributed by atoms with E-state index in [2.05, 4.69) is 11.8 Å². The summed E-state index contributed by atoms with van der Waals surface area (Å²) in [6, 6.07) is 3.95. The number of piperidine rings is 1. The van der Waals surface area contributed by atoms with Crippen LogP contribution in [0.25, 0.3) is 0 Å². The molecule has 0 saturated carbocycles. The number of carboxylic acids is 1. The van der Waals surface area contributed by atoms with E-state index in [-0.39, 0.29) is 24.5 Å². The van der Waals surface area contributed by atoms with Gasteiger partial charge in [0.2, 0.25) is 10.0 Å². The van der Waals surface area contributed by atoms with E-state index in [4.69, 9.17) is 9.84 Å². The van der Waals surface area contributed by atoms with Crippen LogP contribution in [0.1, 0.15) is 26.7 Å². The van der Waals surface area contributed by atoms with Crippen molar-refractivity contribution in [2.24, 2.45) is 0 Å². The minimum atomic E-state index is -4.10. The lowest BCUT2D eigenvalue weighted by molar-refractivity contribution is -0.153. The van der Waals surface area contributed by atoms with Gasteiger partial charge in [-0.25, -0.2) is 8.42 Å². The van der Waals surface area contributed by atoms with Gasteiger partial charge in [0.05, 0.1) is 10.5 Å². The van der Waals surface area contributed by atoms with Gasteiger partial charge in [0.15, 0.2) is 6.04 Å². The highest BCUT2D eigenvalue weighted by Crippen LogP contribution is 2.32. The molecule has 3 N–H and O–H groups in total. The van der Waals surface area contributed by atoms with Crippen LogP contribution in [-0.4, -0.2) is 64.9 Å². The van der Waals surface area contributed by atoms with Gasteiger partial charge in [-0.15, -0.1) is 0 Å². The first kappa shape index (κ1) is 21.2. The van der Waals surface area contributed by atoms with Crippen LogP contribution in [0.3, 0.4) is 0 Å². The molecule has 1 aromatic carbocycles. The first-order valence-corrected chi connectivity index (χ1v) is 9.86. The number of aliphatic carboxylic acids is 1. The third kappa shape index (κ3) is 4.99. The summed E-state index contributed by atoms with van der Waals surface area (Å²) in [5.41, 5.74) is -1.65. The molecule has 8 nitrogen and oxygen atoms in total. The zero-order chi connectivity index (χ0) is 20.2. The van der Waals surface area contributed by atoms with E-state index in [1.165, 1.54) is 38.1 Å². The standard InChI is InChI=1S/C18H23NO7S/c1-13(20)5-3-12-26-14-6-8-15(9-7-14)27(24,25)19-11-4-10-18(2,23)16(19)17(21)22/h6-9,13,16,20,23H,4,10-12H2,1-2H3,(H,21,22). The quantitative estimate of drug-likeness (QED) is 0.616. The van der Waals surface area contributed by atoms with Crippen molar-refractivity contribution < 1.29 is 33.3 Å². The summed E-state index contributed by atoms with van der Waals surface area (Å²) in [6.07, 6.45) is -0.194. The molecule has 0 bridgehead atoms. The summed E-state index contributed by atoms with van der Waals surface area (Å²) in [5.74, 6) is 4.13. The number of ether oxygens (including phenoxy) is 1. The van der Waals surface area contributed by atoms with Gasteiger partial charge in [-0.1, -0.05) is 11.8 Å². The molecule has 1 aliphatic heterocycles. The summed E-state index contributed by atoms with van der Waals surface area (Å²) >= 11 is 0. The Morgan fingerprint density at radius 2 is 2.04 bits per heavy atom. The molecule has 0 amide bonds. The number of carbonyl (C=O) groups is 1. The summed E-state index contributed by atoms with van der Waals surface area (Å²) in [7, 11) is -4.10. The van der Waals surface area contributed by atoms with Crippen LogP contribution in [-0.2, 0) is 14.8 Å². The van der Waals surface area contributed by atoms with Crippen molar-refractivity contribution in [3.8, 4) is 17.6 Å². The lowest BCUT2D eigenvalue weighted by Crippen LogP contribution is -2.60. The largest absolute Gasteiger partial charge is 0.481 e. The maximum absolute atomic E-state index is 12.9. The summed E-state index contributed by atoms with van der Waals surface area (Å²) in [5, 5.41) is 28.8. The molecule has 0 radical (unpaired) electrons. The molecule has 1 aliphatic rings. The van der Waals surface area contributed by atoms with Crippen LogP contribution in [0.15, 0.2) is 29.2 Å². The van der Waals surface area contributed by atoms with Crippen molar-refractivity contribution in [1.82, 2.24) is 4.31 Å². The Morgan fingerprint density at radius 3 is 2.59 bits per heavy atom. The maximum atomic E-state index is 12.9. The number of aliphatic hydroxyl groups is 2. The second-order valence-corrected chi connectivity index (χ2v) is 8.46. The van der Waals surface area contributed by atoms with Gasteiger partial charge in [-0.05, 0) is 51.0 Å². The van der Waals surface area contributed by atoms with Gasteiger partial charge in [-0.2, -0.15) is 4.31 Å². The number of hydrogen-bond acceptors (Lipinski definition) is 6. The lowest BCUT2D eigenvalue weighted by Gasteiger charge is -2.41. The third-order valence-corrected chi connectivity index (χ3v) is 6.10. The Balaban J connectivity index is 2.21. The lowest BCUT2D eigenvalue weighted by atomic mass is 9.88. The van der Waals surface area contributed by atoms with E-state index in [0.717, 1.165) is 4.31 Å². The van der Waals surface area contributed by atoms with Crippen LogP contribution in [0, 0.1) is 11.8 Å². The molecule has 0 aromatic heterocycles. The third-order valence-electron chi connectivity index (χ3n) is 4.22.